The van der Waals surface area contributed by atoms with Crippen LogP contribution in [0.1, 0.15) is 24.1 Å². The Labute approximate surface area is 80.5 Å². The minimum absolute atomic E-state index is 0.402. The minimum atomic E-state index is 0.402. The standard InChI is InChI=1S/C12H17N/c1-4-9-13-11(3)12-8-6-5-7-10(12)2/h4-8,11,13H,1,9H2,2-3H3. The molecule has 0 spiro atoms. The molecule has 0 fully saturated rings. The summed E-state index contributed by atoms with van der Waals surface area (Å²) < 4.78 is 0. The molecule has 0 bridgehead atoms. The van der Waals surface area contributed by atoms with Gasteiger partial charge in [-0.05, 0) is 25.0 Å². The Hall–Kier alpha value is -1.08. The molecule has 1 heteroatoms. The van der Waals surface area contributed by atoms with Crippen molar-refractivity contribution in [2.45, 2.75) is 19.9 Å². The first kappa shape index (κ1) is 10.0. The van der Waals surface area contributed by atoms with Crippen LogP contribution in [0.4, 0.5) is 0 Å². The summed E-state index contributed by atoms with van der Waals surface area (Å²) in [6, 6.07) is 8.85. The molecule has 0 aliphatic rings. The van der Waals surface area contributed by atoms with E-state index in [1.54, 1.807) is 0 Å². The van der Waals surface area contributed by atoms with Crippen LogP contribution in [0.3, 0.4) is 0 Å². The van der Waals surface area contributed by atoms with Crippen LogP contribution in [0.15, 0.2) is 36.9 Å². The van der Waals surface area contributed by atoms with Gasteiger partial charge in [0.2, 0.25) is 0 Å². The number of rotatable bonds is 4. The Morgan fingerprint density at radius 2 is 2.15 bits per heavy atom. The van der Waals surface area contributed by atoms with Crippen molar-refractivity contribution in [1.29, 1.82) is 0 Å². The molecule has 0 amide bonds. The molecule has 13 heavy (non-hydrogen) atoms. The molecule has 0 saturated carbocycles. The fraction of sp³-hybridized carbons (Fsp3) is 0.333. The van der Waals surface area contributed by atoms with Gasteiger partial charge in [0.1, 0.15) is 0 Å². The van der Waals surface area contributed by atoms with E-state index < -0.39 is 0 Å². The third kappa shape index (κ3) is 2.71. The first-order valence-corrected chi connectivity index (χ1v) is 4.65. The highest BCUT2D eigenvalue weighted by Crippen LogP contribution is 2.15. The maximum atomic E-state index is 3.69. The van der Waals surface area contributed by atoms with E-state index in [0.29, 0.717) is 6.04 Å². The quantitative estimate of drug-likeness (QED) is 0.694. The lowest BCUT2D eigenvalue weighted by molar-refractivity contribution is 0.614. The summed E-state index contributed by atoms with van der Waals surface area (Å²) in [7, 11) is 0. The van der Waals surface area contributed by atoms with Gasteiger partial charge in [0.15, 0.2) is 0 Å². The lowest BCUT2D eigenvalue weighted by Crippen LogP contribution is -2.18. The Balaban J connectivity index is 2.70. The Bertz CT molecular complexity index is 278. The molecule has 0 radical (unpaired) electrons. The zero-order valence-corrected chi connectivity index (χ0v) is 8.38. The SMILES string of the molecule is C=CCNC(C)c1ccccc1C. The van der Waals surface area contributed by atoms with Gasteiger partial charge < -0.3 is 5.32 Å². The maximum Gasteiger partial charge on any atom is 0.0297 e. The van der Waals surface area contributed by atoms with Crippen LogP contribution in [0.2, 0.25) is 0 Å². The molecule has 0 saturated heterocycles. The van der Waals surface area contributed by atoms with Crippen molar-refractivity contribution >= 4 is 0 Å². The second-order valence-corrected chi connectivity index (χ2v) is 3.28. The number of aryl methyl sites for hydroxylation is 1. The molecule has 0 aromatic heterocycles. The zero-order chi connectivity index (χ0) is 9.68. The molecule has 0 heterocycles. The Morgan fingerprint density at radius 1 is 1.46 bits per heavy atom. The van der Waals surface area contributed by atoms with Gasteiger partial charge >= 0.3 is 0 Å². The summed E-state index contributed by atoms with van der Waals surface area (Å²) in [6.45, 7) is 8.86. The highest BCUT2D eigenvalue weighted by atomic mass is 14.9. The average Bonchev–Trinajstić information content (AvgIpc) is 2.15. The number of nitrogens with one attached hydrogen (secondary N) is 1. The van der Waals surface area contributed by atoms with Crippen LogP contribution < -0.4 is 5.32 Å². The monoisotopic (exact) mass is 175 g/mol. The molecule has 0 aliphatic heterocycles. The fourth-order valence-electron chi connectivity index (χ4n) is 1.44. The maximum absolute atomic E-state index is 3.69. The van der Waals surface area contributed by atoms with Crippen molar-refractivity contribution in [2.75, 3.05) is 6.54 Å². The van der Waals surface area contributed by atoms with E-state index in [1.807, 2.05) is 6.08 Å². The molecule has 1 rings (SSSR count). The number of hydrogen-bond acceptors (Lipinski definition) is 1. The Kier molecular flexibility index (Phi) is 3.71. The fourth-order valence-corrected chi connectivity index (χ4v) is 1.44. The van der Waals surface area contributed by atoms with E-state index in [2.05, 4.69) is 50.0 Å². The van der Waals surface area contributed by atoms with E-state index in [1.165, 1.54) is 11.1 Å². The summed E-state index contributed by atoms with van der Waals surface area (Å²) in [5.74, 6) is 0. The summed E-state index contributed by atoms with van der Waals surface area (Å²) in [4.78, 5) is 0. The van der Waals surface area contributed by atoms with Crippen molar-refractivity contribution in [2.24, 2.45) is 0 Å². The Morgan fingerprint density at radius 3 is 2.77 bits per heavy atom. The van der Waals surface area contributed by atoms with Gasteiger partial charge in [0, 0.05) is 12.6 Å². The van der Waals surface area contributed by atoms with E-state index in [9.17, 15) is 0 Å². The third-order valence-electron chi connectivity index (χ3n) is 2.22. The van der Waals surface area contributed by atoms with Gasteiger partial charge in [-0.3, -0.25) is 0 Å². The molecule has 1 N–H and O–H groups in total. The van der Waals surface area contributed by atoms with E-state index in [0.717, 1.165) is 6.54 Å². The predicted molar refractivity (Wildman–Crippen MR) is 57.8 cm³/mol. The second-order valence-electron chi connectivity index (χ2n) is 3.28. The van der Waals surface area contributed by atoms with Crippen molar-refractivity contribution in [1.82, 2.24) is 5.32 Å². The molecule has 1 aromatic carbocycles. The molecule has 70 valence electrons. The molecule has 1 unspecified atom stereocenters. The lowest BCUT2D eigenvalue weighted by atomic mass is 10.0. The highest BCUT2D eigenvalue weighted by molar-refractivity contribution is 5.28. The van der Waals surface area contributed by atoms with Crippen LogP contribution in [-0.2, 0) is 0 Å². The van der Waals surface area contributed by atoms with Gasteiger partial charge in [-0.25, -0.2) is 0 Å². The highest BCUT2D eigenvalue weighted by Gasteiger charge is 2.04. The smallest absolute Gasteiger partial charge is 0.0297 e. The number of hydrogen-bond donors (Lipinski definition) is 1. The van der Waals surface area contributed by atoms with Crippen LogP contribution in [0.5, 0.6) is 0 Å². The molecule has 1 atom stereocenters. The van der Waals surface area contributed by atoms with Gasteiger partial charge in [-0.2, -0.15) is 0 Å². The van der Waals surface area contributed by atoms with Crippen molar-refractivity contribution in [3.05, 3.63) is 48.0 Å². The van der Waals surface area contributed by atoms with Crippen LogP contribution in [-0.4, -0.2) is 6.54 Å². The van der Waals surface area contributed by atoms with Gasteiger partial charge in [-0.1, -0.05) is 30.3 Å². The predicted octanol–water partition coefficient (Wildman–Crippen LogP) is 2.83. The summed E-state index contributed by atoms with van der Waals surface area (Å²) in [6.07, 6.45) is 1.88. The molecule has 0 aliphatic carbocycles. The lowest BCUT2D eigenvalue weighted by Gasteiger charge is -2.14. The molecule has 1 nitrogen and oxygen atoms in total. The topological polar surface area (TPSA) is 12.0 Å². The van der Waals surface area contributed by atoms with Gasteiger partial charge in [-0.15, -0.1) is 6.58 Å². The van der Waals surface area contributed by atoms with Crippen molar-refractivity contribution in [3.63, 3.8) is 0 Å². The van der Waals surface area contributed by atoms with Crippen molar-refractivity contribution in [3.8, 4) is 0 Å². The summed E-state index contributed by atoms with van der Waals surface area (Å²) in [5.41, 5.74) is 2.70. The molecular formula is C12H17N. The average molecular weight is 175 g/mol. The number of benzene rings is 1. The van der Waals surface area contributed by atoms with Crippen LogP contribution >= 0.6 is 0 Å². The first-order valence-electron chi connectivity index (χ1n) is 4.65. The summed E-state index contributed by atoms with van der Waals surface area (Å²) in [5, 5.41) is 3.37. The zero-order valence-electron chi connectivity index (χ0n) is 8.38. The third-order valence-corrected chi connectivity index (χ3v) is 2.22. The normalized spacial score (nSPS) is 12.5. The largest absolute Gasteiger partial charge is 0.307 e. The first-order chi connectivity index (χ1) is 6.25. The molecular weight excluding hydrogens is 158 g/mol. The molecule has 1 aromatic rings. The van der Waals surface area contributed by atoms with Crippen molar-refractivity contribution < 1.29 is 0 Å². The van der Waals surface area contributed by atoms with Gasteiger partial charge in [0.05, 0.1) is 0 Å². The van der Waals surface area contributed by atoms with E-state index in [4.69, 9.17) is 0 Å². The summed E-state index contributed by atoms with van der Waals surface area (Å²) >= 11 is 0. The minimum Gasteiger partial charge on any atom is -0.307 e. The van der Waals surface area contributed by atoms with E-state index in [-0.39, 0.29) is 0 Å². The second kappa shape index (κ2) is 4.83. The van der Waals surface area contributed by atoms with E-state index >= 15 is 0 Å². The van der Waals surface area contributed by atoms with Crippen LogP contribution in [0.25, 0.3) is 0 Å². The van der Waals surface area contributed by atoms with Crippen LogP contribution in [0, 0.1) is 6.92 Å². The van der Waals surface area contributed by atoms with Gasteiger partial charge in [0.25, 0.3) is 0 Å².